The van der Waals surface area contributed by atoms with Crippen molar-refractivity contribution < 1.29 is 14.4 Å². The van der Waals surface area contributed by atoms with Crippen molar-refractivity contribution in [1.82, 2.24) is 0 Å². The summed E-state index contributed by atoms with van der Waals surface area (Å²) in [6, 6.07) is 12.8. The van der Waals surface area contributed by atoms with Crippen LogP contribution in [0.3, 0.4) is 0 Å². The second-order valence-electron chi connectivity index (χ2n) is 6.33. The molecule has 0 spiro atoms. The quantitative estimate of drug-likeness (QED) is 0.422. The topological polar surface area (TPSA) is 47.9 Å². The fourth-order valence-corrected chi connectivity index (χ4v) is 2.47. The van der Waals surface area contributed by atoms with Gasteiger partial charge >= 0.3 is 5.97 Å². The third-order valence-corrected chi connectivity index (χ3v) is 4.00. The number of hydrogen-bond acceptors (Lipinski definition) is 4. The molecule has 24 heavy (non-hydrogen) atoms. The van der Waals surface area contributed by atoms with E-state index in [1.807, 2.05) is 24.3 Å². The summed E-state index contributed by atoms with van der Waals surface area (Å²) < 4.78 is 6.12. The van der Waals surface area contributed by atoms with Gasteiger partial charge in [0.2, 0.25) is 0 Å². The molecule has 0 fully saturated rings. The average Bonchev–Trinajstić information content (AvgIpc) is 2.54. The molecule has 0 heterocycles. The lowest BCUT2D eigenvalue weighted by Gasteiger charge is -2.18. The maximum atomic E-state index is 12.0. The van der Waals surface area contributed by atoms with E-state index in [0.29, 0.717) is 16.9 Å². The summed E-state index contributed by atoms with van der Waals surface area (Å²) in [4.78, 5) is 17.0. The highest BCUT2D eigenvalue weighted by atomic mass is 79.9. The lowest BCUT2D eigenvalue weighted by molar-refractivity contribution is 0.0519. The van der Waals surface area contributed by atoms with Crippen molar-refractivity contribution in [3.63, 3.8) is 0 Å². The van der Waals surface area contributed by atoms with Gasteiger partial charge in [0, 0.05) is 10.0 Å². The molecule has 5 heteroatoms. The lowest BCUT2D eigenvalue weighted by Crippen LogP contribution is -2.11. The Bertz CT molecular complexity index is 746. The Morgan fingerprint density at radius 1 is 1.12 bits per heavy atom. The number of nitrogens with zero attached hydrogens (tertiary/aromatic N) is 1. The number of halogens is 1. The van der Waals surface area contributed by atoms with Crippen LogP contribution in [0.5, 0.6) is 5.75 Å². The van der Waals surface area contributed by atoms with E-state index in [1.165, 1.54) is 6.21 Å². The monoisotopic (exact) mass is 389 g/mol. The Balaban J connectivity index is 2.07. The predicted molar refractivity (Wildman–Crippen MR) is 98.8 cm³/mol. The molecular formula is C19H20BrNO3. The SMILES string of the molecule is COc1ccc(Br)cc1/C=N\OC(=O)c1ccc(C(C)(C)C)cc1. The van der Waals surface area contributed by atoms with Crippen molar-refractivity contribution in [3.05, 3.63) is 63.6 Å². The molecule has 0 radical (unpaired) electrons. The van der Waals surface area contributed by atoms with Gasteiger partial charge in [0.25, 0.3) is 0 Å². The van der Waals surface area contributed by atoms with Crippen LogP contribution in [0.15, 0.2) is 52.1 Å². The van der Waals surface area contributed by atoms with E-state index < -0.39 is 5.97 Å². The Labute approximate surface area is 150 Å². The maximum Gasteiger partial charge on any atom is 0.365 e. The molecule has 0 unspecified atom stereocenters. The van der Waals surface area contributed by atoms with E-state index in [2.05, 4.69) is 41.9 Å². The van der Waals surface area contributed by atoms with Crippen LogP contribution in [0.2, 0.25) is 0 Å². The van der Waals surface area contributed by atoms with Gasteiger partial charge in [-0.25, -0.2) is 4.79 Å². The zero-order valence-corrected chi connectivity index (χ0v) is 15.8. The van der Waals surface area contributed by atoms with Crippen LogP contribution < -0.4 is 4.74 Å². The van der Waals surface area contributed by atoms with Gasteiger partial charge in [-0.15, -0.1) is 0 Å². The van der Waals surface area contributed by atoms with Crippen LogP contribution >= 0.6 is 15.9 Å². The van der Waals surface area contributed by atoms with Gasteiger partial charge in [-0.3, -0.25) is 0 Å². The zero-order chi connectivity index (χ0) is 17.7. The Hall–Kier alpha value is -2.14. The molecule has 0 aliphatic carbocycles. The summed E-state index contributed by atoms with van der Waals surface area (Å²) >= 11 is 3.38. The standard InChI is InChI=1S/C19H20BrNO3/c1-19(2,3)15-7-5-13(6-8-15)18(22)24-21-12-14-11-16(20)9-10-17(14)23-4/h5-12H,1-4H3/b21-12-. The summed E-state index contributed by atoms with van der Waals surface area (Å²) in [5.74, 6) is 0.146. The third kappa shape index (κ3) is 4.68. The molecule has 2 aromatic rings. The van der Waals surface area contributed by atoms with Gasteiger partial charge in [-0.1, -0.05) is 54.0 Å². The van der Waals surface area contributed by atoms with Crippen LogP contribution in [-0.2, 0) is 10.3 Å². The summed E-state index contributed by atoms with van der Waals surface area (Å²) in [6.07, 6.45) is 1.45. The summed E-state index contributed by atoms with van der Waals surface area (Å²) in [5, 5.41) is 3.76. The Morgan fingerprint density at radius 2 is 1.79 bits per heavy atom. The molecule has 2 rings (SSSR count). The van der Waals surface area contributed by atoms with E-state index in [9.17, 15) is 4.79 Å². The third-order valence-electron chi connectivity index (χ3n) is 3.51. The summed E-state index contributed by atoms with van der Waals surface area (Å²) in [7, 11) is 1.57. The first kappa shape index (κ1) is 18.2. The predicted octanol–water partition coefficient (Wildman–Crippen LogP) is 4.95. The van der Waals surface area contributed by atoms with Gasteiger partial charge in [-0.2, -0.15) is 0 Å². The lowest BCUT2D eigenvalue weighted by atomic mass is 9.87. The highest BCUT2D eigenvalue weighted by molar-refractivity contribution is 9.10. The van der Waals surface area contributed by atoms with Gasteiger partial charge < -0.3 is 9.57 Å². The molecule has 0 saturated heterocycles. The number of carbonyl (C=O) groups is 1. The number of carbonyl (C=O) groups excluding carboxylic acids is 1. The highest BCUT2D eigenvalue weighted by Crippen LogP contribution is 2.23. The molecule has 4 nitrogen and oxygen atoms in total. The van der Waals surface area contributed by atoms with Gasteiger partial charge in [0.05, 0.1) is 18.9 Å². The van der Waals surface area contributed by atoms with Crippen molar-refractivity contribution in [3.8, 4) is 5.75 Å². The molecule has 0 aliphatic heterocycles. The molecule has 0 N–H and O–H groups in total. The van der Waals surface area contributed by atoms with Gasteiger partial charge in [0.1, 0.15) is 5.75 Å². The molecule has 0 aliphatic rings. The molecule has 0 aromatic heterocycles. The van der Waals surface area contributed by atoms with E-state index in [0.717, 1.165) is 10.0 Å². The number of hydrogen-bond donors (Lipinski definition) is 0. The molecule has 0 atom stereocenters. The van der Waals surface area contributed by atoms with E-state index in [-0.39, 0.29) is 5.41 Å². The molecule has 0 saturated carbocycles. The van der Waals surface area contributed by atoms with Crippen LogP contribution in [-0.4, -0.2) is 19.3 Å². The van der Waals surface area contributed by atoms with Crippen molar-refractivity contribution in [2.24, 2.45) is 5.16 Å². The van der Waals surface area contributed by atoms with Gasteiger partial charge in [-0.05, 0) is 41.3 Å². The minimum atomic E-state index is -0.499. The minimum Gasteiger partial charge on any atom is -0.496 e. The maximum absolute atomic E-state index is 12.0. The number of rotatable bonds is 4. The number of benzene rings is 2. The second-order valence-corrected chi connectivity index (χ2v) is 7.24. The van der Waals surface area contributed by atoms with Crippen molar-refractivity contribution in [2.75, 3.05) is 7.11 Å². The molecular weight excluding hydrogens is 370 g/mol. The van der Waals surface area contributed by atoms with Crippen LogP contribution in [0.25, 0.3) is 0 Å². The Kier molecular flexibility index (Phi) is 5.78. The number of methoxy groups -OCH3 is 1. The fraction of sp³-hybridized carbons (Fsp3) is 0.263. The summed E-state index contributed by atoms with van der Waals surface area (Å²) in [5.41, 5.74) is 2.36. The first-order valence-electron chi connectivity index (χ1n) is 7.50. The van der Waals surface area contributed by atoms with Crippen molar-refractivity contribution in [2.45, 2.75) is 26.2 Å². The van der Waals surface area contributed by atoms with Crippen LogP contribution in [0.1, 0.15) is 42.3 Å². The fourth-order valence-electron chi connectivity index (χ4n) is 2.10. The first-order valence-corrected chi connectivity index (χ1v) is 8.29. The van der Waals surface area contributed by atoms with Crippen molar-refractivity contribution in [1.29, 1.82) is 0 Å². The van der Waals surface area contributed by atoms with Crippen molar-refractivity contribution >= 4 is 28.1 Å². The van der Waals surface area contributed by atoms with E-state index >= 15 is 0 Å². The Morgan fingerprint density at radius 3 is 2.38 bits per heavy atom. The largest absolute Gasteiger partial charge is 0.496 e. The molecule has 0 bridgehead atoms. The molecule has 0 amide bonds. The van der Waals surface area contributed by atoms with E-state index in [4.69, 9.17) is 9.57 Å². The average molecular weight is 390 g/mol. The van der Waals surface area contributed by atoms with Gasteiger partial charge in [0.15, 0.2) is 0 Å². The van der Waals surface area contributed by atoms with E-state index in [1.54, 1.807) is 25.3 Å². The molecule has 2 aromatic carbocycles. The summed E-state index contributed by atoms with van der Waals surface area (Å²) in [6.45, 7) is 6.36. The zero-order valence-electron chi connectivity index (χ0n) is 14.2. The molecule has 126 valence electrons. The number of ether oxygens (including phenoxy) is 1. The van der Waals surface area contributed by atoms with Crippen LogP contribution in [0.4, 0.5) is 0 Å². The minimum absolute atomic E-state index is 0.0395. The first-order chi connectivity index (χ1) is 11.3. The highest BCUT2D eigenvalue weighted by Gasteiger charge is 2.14. The van der Waals surface area contributed by atoms with Crippen LogP contribution in [0, 0.1) is 0 Å². The smallest absolute Gasteiger partial charge is 0.365 e. The second kappa shape index (κ2) is 7.62. The number of oxime groups is 1. The normalized spacial score (nSPS) is 11.5.